The van der Waals surface area contributed by atoms with E-state index in [-0.39, 0.29) is 12.0 Å². The summed E-state index contributed by atoms with van der Waals surface area (Å²) in [5, 5.41) is 10.5. The minimum Gasteiger partial charge on any atom is -0.480 e. The van der Waals surface area contributed by atoms with Crippen LogP contribution in [0.3, 0.4) is 0 Å². The van der Waals surface area contributed by atoms with Crippen LogP contribution in [-0.4, -0.2) is 28.6 Å². The van der Waals surface area contributed by atoms with Crippen molar-refractivity contribution in [1.29, 1.82) is 0 Å². The van der Waals surface area contributed by atoms with E-state index < -0.39 is 12.0 Å². The molecule has 1 aromatic carbocycles. The van der Waals surface area contributed by atoms with Gasteiger partial charge in [-0.2, -0.15) is 0 Å². The number of carbonyl (C=O) groups is 1. The van der Waals surface area contributed by atoms with Crippen molar-refractivity contribution in [3.63, 3.8) is 0 Å². The van der Waals surface area contributed by atoms with Crippen molar-refractivity contribution in [3.05, 3.63) is 36.1 Å². The Morgan fingerprint density at radius 3 is 2.90 bits per heavy atom. The van der Waals surface area contributed by atoms with Gasteiger partial charge in [-0.15, -0.1) is 0 Å². The molecule has 1 saturated heterocycles. The number of carboxylic acid groups (broad SMARTS) is 1. The number of hydrogen-bond acceptors (Lipinski definition) is 3. The fraction of sp³-hybridized carbons (Fsp3) is 0.438. The van der Waals surface area contributed by atoms with E-state index in [2.05, 4.69) is 0 Å². The van der Waals surface area contributed by atoms with Crippen LogP contribution < -0.4 is 0 Å². The lowest BCUT2D eigenvalue weighted by Crippen LogP contribution is -2.40. The standard InChI is InChI=1S/C16H19NO3/c1-10-7-8-17(15(10)16(18)19)11(2)14-9-12-5-3-4-6-13(12)20-14/h3-6,9-11,15H,7-8H2,1-2H3,(H,18,19). The van der Waals surface area contributed by atoms with Crippen molar-refractivity contribution in [3.8, 4) is 0 Å². The molecule has 1 fully saturated rings. The predicted molar refractivity (Wildman–Crippen MR) is 76.5 cm³/mol. The van der Waals surface area contributed by atoms with E-state index in [1.165, 1.54) is 0 Å². The highest BCUT2D eigenvalue weighted by molar-refractivity contribution is 5.78. The molecule has 20 heavy (non-hydrogen) atoms. The van der Waals surface area contributed by atoms with Crippen molar-refractivity contribution >= 4 is 16.9 Å². The summed E-state index contributed by atoms with van der Waals surface area (Å²) in [6.07, 6.45) is 0.918. The molecule has 0 amide bonds. The van der Waals surface area contributed by atoms with Crippen LogP contribution in [0.2, 0.25) is 0 Å². The van der Waals surface area contributed by atoms with E-state index in [9.17, 15) is 9.90 Å². The van der Waals surface area contributed by atoms with E-state index >= 15 is 0 Å². The maximum absolute atomic E-state index is 11.5. The number of benzene rings is 1. The molecule has 2 aromatic rings. The van der Waals surface area contributed by atoms with Gasteiger partial charge in [0.1, 0.15) is 17.4 Å². The van der Waals surface area contributed by atoms with Gasteiger partial charge in [-0.05, 0) is 31.4 Å². The van der Waals surface area contributed by atoms with Crippen LogP contribution in [-0.2, 0) is 4.79 Å². The summed E-state index contributed by atoms with van der Waals surface area (Å²) in [7, 11) is 0. The minimum absolute atomic E-state index is 0.0200. The van der Waals surface area contributed by atoms with Gasteiger partial charge >= 0.3 is 5.97 Å². The van der Waals surface area contributed by atoms with Crippen LogP contribution in [0.15, 0.2) is 34.7 Å². The molecule has 1 aliphatic heterocycles. The summed E-state index contributed by atoms with van der Waals surface area (Å²) < 4.78 is 5.87. The summed E-state index contributed by atoms with van der Waals surface area (Å²) in [4.78, 5) is 13.5. The zero-order chi connectivity index (χ0) is 14.3. The van der Waals surface area contributed by atoms with Gasteiger partial charge in [0.25, 0.3) is 0 Å². The Labute approximate surface area is 118 Å². The highest BCUT2D eigenvalue weighted by Gasteiger charge is 2.40. The lowest BCUT2D eigenvalue weighted by Gasteiger charge is -2.28. The van der Waals surface area contributed by atoms with E-state index in [1.54, 1.807) is 0 Å². The molecule has 1 aromatic heterocycles. The number of para-hydroxylation sites is 1. The normalized spacial score (nSPS) is 25.1. The van der Waals surface area contributed by atoms with Gasteiger partial charge in [0.2, 0.25) is 0 Å². The van der Waals surface area contributed by atoms with E-state index in [0.717, 1.165) is 29.7 Å². The molecule has 3 unspecified atom stereocenters. The lowest BCUT2D eigenvalue weighted by atomic mass is 10.0. The van der Waals surface area contributed by atoms with Gasteiger partial charge in [0.05, 0.1) is 6.04 Å². The number of rotatable bonds is 3. The van der Waals surface area contributed by atoms with Gasteiger partial charge in [-0.25, -0.2) is 0 Å². The zero-order valence-electron chi connectivity index (χ0n) is 11.7. The summed E-state index contributed by atoms with van der Waals surface area (Å²) in [5.74, 6) is 0.281. The maximum atomic E-state index is 11.5. The first-order valence-electron chi connectivity index (χ1n) is 7.05. The van der Waals surface area contributed by atoms with Crippen LogP contribution in [0, 0.1) is 5.92 Å². The molecule has 3 rings (SSSR count). The third kappa shape index (κ3) is 2.10. The quantitative estimate of drug-likeness (QED) is 0.932. The fourth-order valence-electron chi connectivity index (χ4n) is 3.17. The Morgan fingerprint density at radius 2 is 2.20 bits per heavy atom. The Morgan fingerprint density at radius 1 is 1.45 bits per heavy atom. The summed E-state index contributed by atoms with van der Waals surface area (Å²) >= 11 is 0. The van der Waals surface area contributed by atoms with Crippen LogP contribution in [0.1, 0.15) is 32.1 Å². The Hall–Kier alpha value is -1.81. The van der Waals surface area contributed by atoms with Gasteiger partial charge in [-0.1, -0.05) is 25.1 Å². The molecule has 0 aliphatic carbocycles. The van der Waals surface area contributed by atoms with E-state index in [0.29, 0.717) is 0 Å². The lowest BCUT2D eigenvalue weighted by molar-refractivity contribution is -0.144. The highest BCUT2D eigenvalue weighted by Crippen LogP contribution is 2.34. The largest absolute Gasteiger partial charge is 0.480 e. The molecular formula is C16H19NO3. The van der Waals surface area contributed by atoms with Crippen LogP contribution in [0.4, 0.5) is 0 Å². The van der Waals surface area contributed by atoms with Gasteiger partial charge in [0.15, 0.2) is 0 Å². The average Bonchev–Trinajstić information content (AvgIpc) is 3.00. The van der Waals surface area contributed by atoms with E-state index in [4.69, 9.17) is 4.42 Å². The first-order chi connectivity index (χ1) is 9.58. The monoisotopic (exact) mass is 273 g/mol. The van der Waals surface area contributed by atoms with Crippen molar-refractivity contribution in [2.45, 2.75) is 32.4 Å². The molecule has 0 spiro atoms. The molecule has 106 valence electrons. The highest BCUT2D eigenvalue weighted by atomic mass is 16.4. The van der Waals surface area contributed by atoms with Crippen molar-refractivity contribution in [1.82, 2.24) is 4.90 Å². The number of nitrogens with zero attached hydrogens (tertiary/aromatic N) is 1. The van der Waals surface area contributed by atoms with Crippen LogP contribution in [0.25, 0.3) is 11.0 Å². The van der Waals surface area contributed by atoms with E-state index in [1.807, 2.05) is 49.1 Å². The number of aliphatic carboxylic acids is 1. The molecule has 4 heteroatoms. The second-order valence-corrected chi connectivity index (χ2v) is 5.65. The zero-order valence-corrected chi connectivity index (χ0v) is 11.7. The molecule has 4 nitrogen and oxygen atoms in total. The Kier molecular flexibility index (Phi) is 3.26. The first kappa shape index (κ1) is 13.2. The molecule has 0 radical (unpaired) electrons. The molecule has 2 heterocycles. The Balaban J connectivity index is 1.91. The second-order valence-electron chi connectivity index (χ2n) is 5.65. The topological polar surface area (TPSA) is 53.7 Å². The number of likely N-dealkylation sites (tertiary alicyclic amines) is 1. The Bertz CT molecular complexity index is 600. The summed E-state index contributed by atoms with van der Waals surface area (Å²) in [6.45, 7) is 4.83. The van der Waals surface area contributed by atoms with Crippen molar-refractivity contribution < 1.29 is 14.3 Å². The van der Waals surface area contributed by atoms with Gasteiger partial charge in [0, 0.05) is 11.9 Å². The summed E-state index contributed by atoms with van der Waals surface area (Å²) in [6, 6.07) is 9.44. The average molecular weight is 273 g/mol. The number of fused-ring (bicyclic) bond motifs is 1. The molecule has 1 N–H and O–H groups in total. The maximum Gasteiger partial charge on any atom is 0.321 e. The van der Waals surface area contributed by atoms with Crippen molar-refractivity contribution in [2.75, 3.05) is 6.54 Å². The molecule has 3 atom stereocenters. The van der Waals surface area contributed by atoms with Gasteiger partial charge < -0.3 is 9.52 Å². The van der Waals surface area contributed by atoms with Gasteiger partial charge in [-0.3, -0.25) is 9.69 Å². The molecule has 0 saturated carbocycles. The van der Waals surface area contributed by atoms with Crippen LogP contribution in [0.5, 0.6) is 0 Å². The predicted octanol–water partition coefficient (Wildman–Crippen LogP) is 3.29. The smallest absolute Gasteiger partial charge is 0.321 e. The SMILES string of the molecule is CC1CCN(C(C)c2cc3ccccc3o2)C1C(=O)O. The first-order valence-corrected chi connectivity index (χ1v) is 7.05. The number of furan rings is 1. The number of hydrogen-bond donors (Lipinski definition) is 1. The molecule has 0 bridgehead atoms. The van der Waals surface area contributed by atoms with Crippen LogP contribution >= 0.6 is 0 Å². The number of carboxylic acids is 1. The summed E-state index contributed by atoms with van der Waals surface area (Å²) in [5.41, 5.74) is 0.855. The third-order valence-corrected chi connectivity index (χ3v) is 4.35. The molecular weight excluding hydrogens is 254 g/mol. The fourth-order valence-corrected chi connectivity index (χ4v) is 3.17. The molecule has 1 aliphatic rings. The minimum atomic E-state index is -0.738. The van der Waals surface area contributed by atoms with Crippen molar-refractivity contribution in [2.24, 2.45) is 5.92 Å². The second kappa shape index (κ2) is 4.94. The third-order valence-electron chi connectivity index (χ3n) is 4.35.